The van der Waals surface area contributed by atoms with Crippen molar-refractivity contribution < 1.29 is 4.79 Å². The van der Waals surface area contributed by atoms with Gasteiger partial charge in [0.15, 0.2) is 5.96 Å². The van der Waals surface area contributed by atoms with Crippen LogP contribution < -0.4 is 16.4 Å². The highest BCUT2D eigenvalue weighted by molar-refractivity contribution is 5.90. The molecule has 0 unspecified atom stereocenters. The molecule has 0 aromatic carbocycles. The number of aliphatic imine (C=N–C) groups is 1. The van der Waals surface area contributed by atoms with Gasteiger partial charge < -0.3 is 16.4 Å². The molecule has 126 valence electrons. The van der Waals surface area contributed by atoms with Gasteiger partial charge in [0.05, 0.1) is 6.54 Å². The van der Waals surface area contributed by atoms with Crippen LogP contribution in [0.2, 0.25) is 0 Å². The number of anilines is 1. The number of carbonyl (C=O) groups is 1. The SMILES string of the molecule is Cc1ccc(NC(=O)CCN=C(N)NC2CCCCCC2)nc1. The standard InChI is InChI=1S/C17H27N5O/c1-13-8-9-15(20-12-13)22-16(23)10-11-19-17(18)21-14-6-4-2-3-5-7-14/h8-9,12,14H,2-7,10-11H2,1H3,(H3,18,19,21)(H,20,22,23). The normalized spacial score (nSPS) is 16.7. The van der Waals surface area contributed by atoms with Crippen molar-refractivity contribution in [3.8, 4) is 0 Å². The summed E-state index contributed by atoms with van der Waals surface area (Å²) in [6, 6.07) is 4.13. The van der Waals surface area contributed by atoms with Crippen molar-refractivity contribution in [2.45, 2.75) is 57.9 Å². The summed E-state index contributed by atoms with van der Waals surface area (Å²) >= 11 is 0. The molecule has 6 nitrogen and oxygen atoms in total. The molecule has 1 aromatic heterocycles. The molecule has 1 heterocycles. The Morgan fingerprint density at radius 2 is 2.04 bits per heavy atom. The summed E-state index contributed by atoms with van der Waals surface area (Å²) in [7, 11) is 0. The number of pyridine rings is 1. The average molecular weight is 317 g/mol. The molecule has 0 aliphatic heterocycles. The zero-order chi connectivity index (χ0) is 16.5. The van der Waals surface area contributed by atoms with Gasteiger partial charge in [0.1, 0.15) is 5.82 Å². The summed E-state index contributed by atoms with van der Waals surface area (Å²) in [5.74, 6) is 0.902. The number of rotatable bonds is 5. The van der Waals surface area contributed by atoms with E-state index in [9.17, 15) is 4.79 Å². The fraction of sp³-hybridized carbons (Fsp3) is 0.588. The molecule has 1 aliphatic rings. The number of nitrogens with zero attached hydrogens (tertiary/aromatic N) is 2. The van der Waals surface area contributed by atoms with Crippen LogP contribution >= 0.6 is 0 Å². The molecule has 23 heavy (non-hydrogen) atoms. The van der Waals surface area contributed by atoms with E-state index in [1.54, 1.807) is 12.3 Å². The van der Waals surface area contributed by atoms with Gasteiger partial charge in [0.25, 0.3) is 0 Å². The lowest BCUT2D eigenvalue weighted by Gasteiger charge is -2.16. The predicted molar refractivity (Wildman–Crippen MR) is 93.3 cm³/mol. The third-order valence-corrected chi connectivity index (χ3v) is 4.01. The van der Waals surface area contributed by atoms with Crippen LogP contribution in [0.15, 0.2) is 23.3 Å². The highest BCUT2D eigenvalue weighted by atomic mass is 16.1. The molecule has 2 rings (SSSR count). The highest BCUT2D eigenvalue weighted by Crippen LogP contribution is 2.16. The highest BCUT2D eigenvalue weighted by Gasteiger charge is 2.12. The Morgan fingerprint density at radius 3 is 2.70 bits per heavy atom. The molecule has 1 aromatic rings. The van der Waals surface area contributed by atoms with Crippen LogP contribution in [-0.2, 0) is 4.79 Å². The molecule has 0 bridgehead atoms. The van der Waals surface area contributed by atoms with Crippen molar-refractivity contribution in [1.29, 1.82) is 0 Å². The van der Waals surface area contributed by atoms with Crippen LogP contribution in [0.4, 0.5) is 5.82 Å². The summed E-state index contributed by atoms with van der Waals surface area (Å²) in [4.78, 5) is 20.2. The summed E-state index contributed by atoms with van der Waals surface area (Å²) < 4.78 is 0. The largest absolute Gasteiger partial charge is 0.370 e. The van der Waals surface area contributed by atoms with Crippen molar-refractivity contribution in [3.05, 3.63) is 23.9 Å². The van der Waals surface area contributed by atoms with Crippen LogP contribution in [-0.4, -0.2) is 29.4 Å². The van der Waals surface area contributed by atoms with E-state index < -0.39 is 0 Å². The molecular weight excluding hydrogens is 290 g/mol. The Kier molecular flexibility index (Phi) is 6.84. The van der Waals surface area contributed by atoms with Gasteiger partial charge in [0.2, 0.25) is 5.91 Å². The number of carbonyl (C=O) groups excluding carboxylic acids is 1. The van der Waals surface area contributed by atoms with Crippen LogP contribution in [0, 0.1) is 6.92 Å². The first-order chi connectivity index (χ1) is 11.1. The fourth-order valence-corrected chi connectivity index (χ4v) is 2.70. The smallest absolute Gasteiger partial charge is 0.227 e. The average Bonchev–Trinajstić information content (AvgIpc) is 2.78. The van der Waals surface area contributed by atoms with Crippen molar-refractivity contribution in [2.75, 3.05) is 11.9 Å². The second-order valence-electron chi connectivity index (χ2n) is 6.12. The number of nitrogens with two attached hydrogens (primary N) is 1. The van der Waals surface area contributed by atoms with Crippen LogP contribution in [0.25, 0.3) is 0 Å². The number of guanidine groups is 1. The second kappa shape index (κ2) is 9.12. The lowest BCUT2D eigenvalue weighted by atomic mass is 10.1. The maximum atomic E-state index is 11.8. The first kappa shape index (κ1) is 17.2. The van der Waals surface area contributed by atoms with E-state index in [0.29, 0.717) is 30.8 Å². The molecule has 1 amide bonds. The molecule has 0 radical (unpaired) electrons. The number of aromatic nitrogens is 1. The molecule has 0 atom stereocenters. The topological polar surface area (TPSA) is 92.4 Å². The molecule has 1 fully saturated rings. The van der Waals surface area contributed by atoms with E-state index in [-0.39, 0.29) is 5.91 Å². The summed E-state index contributed by atoms with van der Waals surface area (Å²) in [5, 5.41) is 6.02. The van der Waals surface area contributed by atoms with Crippen molar-refractivity contribution in [2.24, 2.45) is 10.7 Å². The quantitative estimate of drug-likeness (QED) is 0.441. The van der Waals surface area contributed by atoms with Gasteiger partial charge in [-0.1, -0.05) is 31.7 Å². The van der Waals surface area contributed by atoms with Gasteiger partial charge in [-0.05, 0) is 31.4 Å². The van der Waals surface area contributed by atoms with Gasteiger partial charge in [-0.2, -0.15) is 0 Å². The Bertz CT molecular complexity index is 518. The number of amides is 1. The summed E-state index contributed by atoms with van der Waals surface area (Å²) in [6.45, 7) is 2.33. The van der Waals surface area contributed by atoms with Crippen molar-refractivity contribution in [1.82, 2.24) is 10.3 Å². The molecule has 1 saturated carbocycles. The monoisotopic (exact) mass is 317 g/mol. The molecular formula is C17H27N5O. The van der Waals surface area contributed by atoms with Gasteiger partial charge in [-0.15, -0.1) is 0 Å². The van der Waals surface area contributed by atoms with Gasteiger partial charge in [0, 0.05) is 18.7 Å². The zero-order valence-electron chi connectivity index (χ0n) is 13.8. The number of nitrogens with one attached hydrogen (secondary N) is 2. The number of hydrogen-bond donors (Lipinski definition) is 3. The first-order valence-electron chi connectivity index (χ1n) is 8.42. The van der Waals surface area contributed by atoms with E-state index >= 15 is 0 Å². The van der Waals surface area contributed by atoms with Crippen molar-refractivity contribution in [3.63, 3.8) is 0 Å². The van der Waals surface area contributed by atoms with E-state index in [4.69, 9.17) is 5.73 Å². The third-order valence-electron chi connectivity index (χ3n) is 4.01. The minimum atomic E-state index is -0.104. The molecule has 0 spiro atoms. The first-order valence-corrected chi connectivity index (χ1v) is 8.42. The van der Waals surface area contributed by atoms with E-state index in [0.717, 1.165) is 18.4 Å². The number of aryl methyl sites for hydroxylation is 1. The maximum absolute atomic E-state index is 11.8. The minimum Gasteiger partial charge on any atom is -0.370 e. The molecule has 4 N–H and O–H groups in total. The van der Waals surface area contributed by atoms with Gasteiger partial charge in [-0.25, -0.2) is 4.98 Å². The lowest BCUT2D eigenvalue weighted by molar-refractivity contribution is -0.116. The van der Waals surface area contributed by atoms with E-state index in [2.05, 4.69) is 20.6 Å². The predicted octanol–water partition coefficient (Wildman–Crippen LogP) is 2.35. The van der Waals surface area contributed by atoms with Crippen LogP contribution in [0.3, 0.4) is 0 Å². The minimum absolute atomic E-state index is 0.104. The van der Waals surface area contributed by atoms with Crippen molar-refractivity contribution >= 4 is 17.7 Å². The van der Waals surface area contributed by atoms with Gasteiger partial charge in [-0.3, -0.25) is 9.79 Å². The maximum Gasteiger partial charge on any atom is 0.227 e. The van der Waals surface area contributed by atoms with Crippen LogP contribution in [0.5, 0.6) is 0 Å². The van der Waals surface area contributed by atoms with E-state index in [1.165, 1.54) is 25.7 Å². The summed E-state index contributed by atoms with van der Waals surface area (Å²) in [6.07, 6.45) is 9.43. The van der Waals surface area contributed by atoms with E-state index in [1.807, 2.05) is 13.0 Å². The molecule has 6 heteroatoms. The lowest BCUT2D eigenvalue weighted by Crippen LogP contribution is -2.40. The second-order valence-corrected chi connectivity index (χ2v) is 6.12. The van der Waals surface area contributed by atoms with Crippen LogP contribution in [0.1, 0.15) is 50.5 Å². The fourth-order valence-electron chi connectivity index (χ4n) is 2.70. The Balaban J connectivity index is 1.69. The Morgan fingerprint density at radius 1 is 1.30 bits per heavy atom. The molecule has 0 saturated heterocycles. The Labute approximate surface area is 138 Å². The number of hydrogen-bond acceptors (Lipinski definition) is 3. The molecule has 1 aliphatic carbocycles. The Hall–Kier alpha value is -2.11. The van der Waals surface area contributed by atoms with Gasteiger partial charge >= 0.3 is 0 Å². The summed E-state index contributed by atoms with van der Waals surface area (Å²) in [5.41, 5.74) is 6.97. The third kappa shape index (κ3) is 6.67. The zero-order valence-corrected chi connectivity index (χ0v) is 13.8.